The van der Waals surface area contributed by atoms with E-state index in [1.54, 1.807) is 12.1 Å². The Morgan fingerprint density at radius 2 is 1.83 bits per heavy atom. The molecule has 1 saturated carbocycles. The summed E-state index contributed by atoms with van der Waals surface area (Å²) < 4.78 is 43.1. The van der Waals surface area contributed by atoms with Crippen molar-refractivity contribution in [2.45, 2.75) is 69.8 Å². The lowest BCUT2D eigenvalue weighted by atomic mass is 9.71. The number of fused-ring (bicyclic) bond motifs is 1. The van der Waals surface area contributed by atoms with Crippen LogP contribution in [0.1, 0.15) is 61.3 Å². The highest BCUT2D eigenvalue weighted by molar-refractivity contribution is 9.10. The molecule has 4 rings (SSSR count). The van der Waals surface area contributed by atoms with E-state index in [1.807, 2.05) is 7.05 Å². The van der Waals surface area contributed by atoms with E-state index in [1.165, 1.54) is 11.6 Å². The molecule has 6 nitrogen and oxygen atoms in total. The van der Waals surface area contributed by atoms with E-state index in [0.717, 1.165) is 56.5 Å². The first-order valence-corrected chi connectivity index (χ1v) is 12.1. The number of aryl methyl sites for hydroxylation is 1. The van der Waals surface area contributed by atoms with Gasteiger partial charge in [0.1, 0.15) is 11.6 Å². The quantitative estimate of drug-likeness (QED) is 0.357. The van der Waals surface area contributed by atoms with E-state index in [0.29, 0.717) is 34.4 Å². The van der Waals surface area contributed by atoms with Gasteiger partial charge < -0.3 is 21.1 Å². The van der Waals surface area contributed by atoms with Crippen molar-refractivity contribution in [1.29, 1.82) is 0 Å². The van der Waals surface area contributed by atoms with E-state index in [2.05, 4.69) is 41.3 Å². The van der Waals surface area contributed by atoms with Crippen molar-refractivity contribution in [2.75, 3.05) is 18.1 Å². The maximum Gasteiger partial charge on any atom is 0.573 e. The fraction of sp³-hybridized carbons (Fsp3) is 0.565. The van der Waals surface area contributed by atoms with Gasteiger partial charge in [0.15, 0.2) is 0 Å². The molecule has 0 saturated heterocycles. The second kappa shape index (κ2) is 12.7. The van der Waals surface area contributed by atoms with Crippen LogP contribution in [0.15, 0.2) is 22.7 Å². The number of halogens is 6. The van der Waals surface area contributed by atoms with Gasteiger partial charge in [-0.2, -0.15) is 4.98 Å². The van der Waals surface area contributed by atoms with Gasteiger partial charge in [-0.15, -0.1) is 38.0 Å². The molecule has 0 bridgehead atoms. The minimum absolute atomic E-state index is 0. The molecule has 2 aliphatic carbocycles. The number of anilines is 2. The maximum atomic E-state index is 12.8. The summed E-state index contributed by atoms with van der Waals surface area (Å²) in [6, 6.07) is 5.01. The van der Waals surface area contributed by atoms with Crippen LogP contribution in [0.5, 0.6) is 5.75 Å². The Kier molecular flexibility index (Phi) is 10.8. The lowest BCUT2D eigenvalue weighted by molar-refractivity contribution is -0.274. The Hall–Kier alpha value is -1.49. The predicted octanol–water partition coefficient (Wildman–Crippen LogP) is 6.37. The molecule has 1 aromatic heterocycles. The molecule has 1 atom stereocenters. The van der Waals surface area contributed by atoms with Crippen molar-refractivity contribution in [1.82, 2.24) is 15.3 Å². The number of rotatable bonds is 6. The molecule has 0 amide bonds. The zero-order valence-electron chi connectivity index (χ0n) is 19.3. The number of nitrogens with two attached hydrogens (primary N) is 1. The van der Waals surface area contributed by atoms with Crippen LogP contribution in [0.4, 0.5) is 24.9 Å². The SMILES string of the molecule is CNc1nc(N)nc2c1C(C1CCC(NCc3ccc(Br)cc3OC(F)(F)F)CC1)CCC2.Cl.Cl. The highest BCUT2D eigenvalue weighted by Gasteiger charge is 2.35. The third kappa shape index (κ3) is 7.50. The van der Waals surface area contributed by atoms with Crippen LogP contribution in [-0.2, 0) is 13.0 Å². The Labute approximate surface area is 224 Å². The number of nitrogens with one attached hydrogen (secondary N) is 2. The van der Waals surface area contributed by atoms with E-state index in [4.69, 9.17) is 5.73 Å². The Morgan fingerprint density at radius 1 is 1.11 bits per heavy atom. The van der Waals surface area contributed by atoms with Crippen molar-refractivity contribution in [3.8, 4) is 5.75 Å². The zero-order valence-corrected chi connectivity index (χ0v) is 22.5. The normalized spacial score (nSPS) is 21.8. The molecule has 1 unspecified atom stereocenters. The number of nitrogen functional groups attached to an aromatic ring is 1. The van der Waals surface area contributed by atoms with Gasteiger partial charge in [0.05, 0.1) is 5.69 Å². The van der Waals surface area contributed by atoms with Crippen LogP contribution in [0.3, 0.4) is 0 Å². The van der Waals surface area contributed by atoms with Crippen LogP contribution in [0, 0.1) is 5.92 Å². The van der Waals surface area contributed by atoms with Crippen molar-refractivity contribution in [3.05, 3.63) is 39.5 Å². The fourth-order valence-electron chi connectivity index (χ4n) is 5.28. The van der Waals surface area contributed by atoms with Gasteiger partial charge in [-0.1, -0.05) is 22.0 Å². The standard InChI is InChI=1S/C23H29BrF3N5O.2ClH/c1-29-21-20-17(3-2-4-18(20)31-22(28)32-21)13-6-9-16(10-7-13)30-12-14-5-8-15(24)11-19(14)33-23(25,26)27;;/h5,8,11,13,16-17,30H,2-4,6-7,9-10,12H2,1H3,(H3,28,29,31,32);2*1H. The molecular weight excluding hydrogens is 570 g/mol. The van der Waals surface area contributed by atoms with Crippen molar-refractivity contribution in [3.63, 3.8) is 0 Å². The lowest BCUT2D eigenvalue weighted by Gasteiger charge is -2.37. The Balaban J connectivity index is 0.00000216. The van der Waals surface area contributed by atoms with Gasteiger partial charge in [0, 0.05) is 35.2 Å². The van der Waals surface area contributed by atoms with Crippen LogP contribution in [-0.4, -0.2) is 29.4 Å². The maximum absolute atomic E-state index is 12.8. The average molecular weight is 601 g/mol. The molecule has 35 heavy (non-hydrogen) atoms. The first kappa shape index (κ1) is 29.7. The third-order valence-corrected chi connectivity index (χ3v) is 7.25. The molecule has 12 heteroatoms. The highest BCUT2D eigenvalue weighted by Crippen LogP contribution is 2.45. The number of ether oxygens (including phenoxy) is 1. The molecule has 0 aliphatic heterocycles. The van der Waals surface area contributed by atoms with Crippen LogP contribution >= 0.6 is 40.7 Å². The van der Waals surface area contributed by atoms with Gasteiger partial charge in [0.2, 0.25) is 5.95 Å². The van der Waals surface area contributed by atoms with Crippen LogP contribution in [0.2, 0.25) is 0 Å². The average Bonchev–Trinajstić information content (AvgIpc) is 2.77. The molecule has 0 spiro atoms. The van der Waals surface area contributed by atoms with Gasteiger partial charge in [0.25, 0.3) is 0 Å². The largest absolute Gasteiger partial charge is 0.573 e. The minimum atomic E-state index is -4.72. The molecule has 0 radical (unpaired) electrons. The highest BCUT2D eigenvalue weighted by atomic mass is 79.9. The Bertz CT molecular complexity index is 973. The summed E-state index contributed by atoms with van der Waals surface area (Å²) in [6.07, 6.45) is 2.50. The summed E-state index contributed by atoms with van der Waals surface area (Å²) in [6.45, 7) is 0.331. The molecule has 196 valence electrons. The van der Waals surface area contributed by atoms with Gasteiger partial charge >= 0.3 is 6.36 Å². The monoisotopic (exact) mass is 599 g/mol. The van der Waals surface area contributed by atoms with Gasteiger partial charge in [-0.3, -0.25) is 0 Å². The summed E-state index contributed by atoms with van der Waals surface area (Å²) in [7, 11) is 1.87. The molecule has 4 N–H and O–H groups in total. The van der Waals surface area contributed by atoms with E-state index in [-0.39, 0.29) is 36.6 Å². The first-order valence-electron chi connectivity index (χ1n) is 11.3. The van der Waals surface area contributed by atoms with E-state index in [9.17, 15) is 13.2 Å². The number of alkyl halides is 3. The van der Waals surface area contributed by atoms with Crippen molar-refractivity contribution in [2.24, 2.45) is 5.92 Å². The predicted molar refractivity (Wildman–Crippen MR) is 140 cm³/mol. The number of hydrogen-bond acceptors (Lipinski definition) is 6. The molecular formula is C23H31BrCl2F3N5O. The van der Waals surface area contributed by atoms with E-state index < -0.39 is 6.36 Å². The van der Waals surface area contributed by atoms with Gasteiger partial charge in [-0.05, 0) is 68.9 Å². The number of hydrogen-bond donors (Lipinski definition) is 3. The lowest BCUT2D eigenvalue weighted by Crippen LogP contribution is -2.35. The summed E-state index contributed by atoms with van der Waals surface area (Å²) in [4.78, 5) is 8.92. The number of benzene rings is 1. The second-order valence-corrected chi connectivity index (χ2v) is 9.75. The van der Waals surface area contributed by atoms with Crippen LogP contribution in [0.25, 0.3) is 0 Å². The minimum Gasteiger partial charge on any atom is -0.405 e. The molecule has 2 aromatic rings. The van der Waals surface area contributed by atoms with Gasteiger partial charge in [-0.25, -0.2) is 4.98 Å². The molecule has 2 aliphatic rings. The fourth-order valence-corrected chi connectivity index (χ4v) is 5.63. The van der Waals surface area contributed by atoms with Crippen LogP contribution < -0.4 is 21.1 Å². The number of aromatic nitrogens is 2. The first-order chi connectivity index (χ1) is 15.7. The molecule has 1 fully saturated rings. The summed E-state index contributed by atoms with van der Waals surface area (Å²) in [5.74, 6) is 1.94. The molecule has 1 aromatic carbocycles. The smallest absolute Gasteiger partial charge is 0.405 e. The van der Waals surface area contributed by atoms with Crippen molar-refractivity contribution >= 4 is 52.5 Å². The summed E-state index contributed by atoms with van der Waals surface area (Å²) in [5.41, 5.74) is 8.67. The summed E-state index contributed by atoms with van der Waals surface area (Å²) in [5, 5.41) is 6.64. The number of nitrogens with zero attached hydrogens (tertiary/aromatic N) is 2. The topological polar surface area (TPSA) is 85.1 Å². The summed E-state index contributed by atoms with van der Waals surface area (Å²) >= 11 is 3.21. The zero-order chi connectivity index (χ0) is 23.6. The molecule has 1 heterocycles. The Morgan fingerprint density at radius 3 is 2.49 bits per heavy atom. The van der Waals surface area contributed by atoms with E-state index >= 15 is 0 Å². The van der Waals surface area contributed by atoms with Crippen molar-refractivity contribution < 1.29 is 17.9 Å². The third-order valence-electron chi connectivity index (χ3n) is 6.76. The second-order valence-electron chi connectivity index (χ2n) is 8.83.